The van der Waals surface area contributed by atoms with Gasteiger partial charge in [-0.05, 0) is 25.5 Å². The third kappa shape index (κ3) is 2.31. The molecular weight excluding hydrogens is 200 g/mol. The van der Waals surface area contributed by atoms with Crippen LogP contribution >= 0.6 is 0 Å². The Hall–Kier alpha value is -1.19. The van der Waals surface area contributed by atoms with Gasteiger partial charge in [-0.25, -0.2) is 0 Å². The number of benzene rings is 1. The largest absolute Gasteiger partial charge is 0.327 e. The van der Waals surface area contributed by atoms with E-state index in [0.717, 1.165) is 25.1 Å². The highest BCUT2D eigenvalue weighted by Gasteiger charge is 2.22. The lowest BCUT2D eigenvalue weighted by atomic mass is 9.87. The second-order valence-corrected chi connectivity index (χ2v) is 4.44. The molecule has 1 aliphatic heterocycles. The molecule has 86 valence electrons. The first kappa shape index (κ1) is 11.3. The second kappa shape index (κ2) is 4.76. The van der Waals surface area contributed by atoms with Crippen LogP contribution in [0.15, 0.2) is 24.3 Å². The Morgan fingerprint density at radius 1 is 1.38 bits per heavy atom. The van der Waals surface area contributed by atoms with Crippen molar-refractivity contribution >= 4 is 5.78 Å². The van der Waals surface area contributed by atoms with E-state index in [1.165, 1.54) is 5.56 Å². The van der Waals surface area contributed by atoms with Crippen LogP contribution in [0, 0.1) is 0 Å². The van der Waals surface area contributed by atoms with Gasteiger partial charge >= 0.3 is 0 Å². The monoisotopic (exact) mass is 218 g/mol. The zero-order chi connectivity index (χ0) is 11.5. The van der Waals surface area contributed by atoms with Crippen LogP contribution in [0.25, 0.3) is 0 Å². The fourth-order valence-corrected chi connectivity index (χ4v) is 2.21. The Morgan fingerprint density at radius 3 is 2.62 bits per heavy atom. The normalized spacial score (nSPS) is 25.4. The molecule has 3 nitrogen and oxygen atoms in total. The molecule has 2 unspecified atom stereocenters. The summed E-state index contributed by atoms with van der Waals surface area (Å²) in [6, 6.07) is 8.05. The van der Waals surface area contributed by atoms with Crippen molar-refractivity contribution in [1.82, 2.24) is 5.32 Å². The molecule has 0 bridgehead atoms. The van der Waals surface area contributed by atoms with E-state index in [0.29, 0.717) is 5.92 Å². The van der Waals surface area contributed by atoms with E-state index in [-0.39, 0.29) is 11.8 Å². The Kier molecular flexibility index (Phi) is 3.36. The number of rotatable bonds is 2. The number of carbonyl (C=O) groups excluding carboxylic acids is 1. The summed E-state index contributed by atoms with van der Waals surface area (Å²) in [7, 11) is 0. The molecule has 0 aromatic heterocycles. The predicted octanol–water partition coefficient (Wildman–Crippen LogP) is 1.29. The first-order valence-electron chi connectivity index (χ1n) is 5.75. The summed E-state index contributed by atoms with van der Waals surface area (Å²) in [5.74, 6) is 0.479. The van der Waals surface area contributed by atoms with E-state index in [4.69, 9.17) is 5.73 Å². The minimum absolute atomic E-state index is 0.109. The Labute approximate surface area is 96.0 Å². The standard InChI is InChI=1S/C13H18N2O/c1-9(16)10-2-4-11(5-3-10)12-8-15-7-6-13(12)14/h2-5,12-13,15H,6-8,14H2,1H3. The van der Waals surface area contributed by atoms with Gasteiger partial charge in [0.2, 0.25) is 0 Å². The summed E-state index contributed by atoms with van der Waals surface area (Å²) in [5.41, 5.74) is 8.09. The molecule has 1 fully saturated rings. The fraction of sp³-hybridized carbons (Fsp3) is 0.462. The molecule has 2 atom stereocenters. The van der Waals surface area contributed by atoms with Crippen LogP contribution in [0.5, 0.6) is 0 Å². The van der Waals surface area contributed by atoms with E-state index in [1.807, 2.05) is 24.3 Å². The van der Waals surface area contributed by atoms with Crippen molar-refractivity contribution < 1.29 is 4.79 Å². The zero-order valence-corrected chi connectivity index (χ0v) is 9.57. The van der Waals surface area contributed by atoms with Crippen LogP contribution in [0.3, 0.4) is 0 Å². The van der Waals surface area contributed by atoms with Crippen LogP contribution in [0.2, 0.25) is 0 Å². The number of carbonyl (C=O) groups is 1. The van der Waals surface area contributed by atoms with Gasteiger partial charge in [0.05, 0.1) is 0 Å². The Bertz CT molecular complexity index is 372. The lowest BCUT2D eigenvalue weighted by molar-refractivity contribution is 0.101. The third-order valence-corrected chi connectivity index (χ3v) is 3.28. The molecule has 3 heteroatoms. The molecule has 1 heterocycles. The van der Waals surface area contributed by atoms with Gasteiger partial charge in [0.15, 0.2) is 5.78 Å². The van der Waals surface area contributed by atoms with Crippen molar-refractivity contribution in [1.29, 1.82) is 0 Å². The van der Waals surface area contributed by atoms with Crippen molar-refractivity contribution in [3.05, 3.63) is 35.4 Å². The zero-order valence-electron chi connectivity index (χ0n) is 9.57. The second-order valence-electron chi connectivity index (χ2n) is 4.44. The molecule has 1 saturated heterocycles. The highest BCUT2D eigenvalue weighted by Crippen LogP contribution is 2.22. The highest BCUT2D eigenvalue weighted by atomic mass is 16.1. The Morgan fingerprint density at radius 2 is 2.06 bits per heavy atom. The van der Waals surface area contributed by atoms with Gasteiger partial charge in [-0.3, -0.25) is 4.79 Å². The average molecular weight is 218 g/mol. The number of ketones is 1. The van der Waals surface area contributed by atoms with Crippen LogP contribution < -0.4 is 11.1 Å². The molecule has 3 N–H and O–H groups in total. The number of nitrogens with one attached hydrogen (secondary N) is 1. The molecule has 1 aromatic rings. The molecule has 0 amide bonds. The van der Waals surface area contributed by atoms with E-state index in [9.17, 15) is 4.79 Å². The van der Waals surface area contributed by atoms with Gasteiger partial charge in [0.1, 0.15) is 0 Å². The molecule has 0 radical (unpaired) electrons. The maximum absolute atomic E-state index is 11.2. The maximum atomic E-state index is 11.2. The molecule has 0 saturated carbocycles. The van der Waals surface area contributed by atoms with Crippen LogP contribution in [-0.2, 0) is 0 Å². The minimum Gasteiger partial charge on any atom is -0.327 e. The third-order valence-electron chi connectivity index (χ3n) is 3.28. The van der Waals surface area contributed by atoms with Crippen molar-refractivity contribution in [3.8, 4) is 0 Å². The maximum Gasteiger partial charge on any atom is 0.159 e. The van der Waals surface area contributed by atoms with E-state index in [2.05, 4.69) is 5.32 Å². The van der Waals surface area contributed by atoms with Crippen molar-refractivity contribution in [3.63, 3.8) is 0 Å². The van der Waals surface area contributed by atoms with E-state index >= 15 is 0 Å². The topological polar surface area (TPSA) is 55.1 Å². The lowest BCUT2D eigenvalue weighted by Gasteiger charge is -2.29. The molecule has 0 aliphatic carbocycles. The van der Waals surface area contributed by atoms with Crippen LogP contribution in [0.1, 0.15) is 35.2 Å². The van der Waals surface area contributed by atoms with E-state index in [1.54, 1.807) is 6.92 Å². The summed E-state index contributed by atoms with van der Waals surface area (Å²) < 4.78 is 0. The number of nitrogens with two attached hydrogens (primary N) is 1. The molecule has 2 rings (SSSR count). The summed E-state index contributed by atoms with van der Waals surface area (Å²) in [6.07, 6.45) is 1.01. The first-order valence-corrected chi connectivity index (χ1v) is 5.75. The molecule has 16 heavy (non-hydrogen) atoms. The van der Waals surface area contributed by atoms with Crippen molar-refractivity contribution in [2.75, 3.05) is 13.1 Å². The van der Waals surface area contributed by atoms with Crippen LogP contribution in [-0.4, -0.2) is 24.9 Å². The van der Waals surface area contributed by atoms with Gasteiger partial charge in [-0.15, -0.1) is 0 Å². The van der Waals surface area contributed by atoms with Gasteiger partial charge < -0.3 is 11.1 Å². The number of piperidine rings is 1. The SMILES string of the molecule is CC(=O)c1ccc(C2CNCCC2N)cc1. The number of Topliss-reactive ketones (excluding diaryl/α,β-unsaturated/α-hetero) is 1. The van der Waals surface area contributed by atoms with E-state index < -0.39 is 0 Å². The molecular formula is C13H18N2O. The van der Waals surface area contributed by atoms with Crippen LogP contribution in [0.4, 0.5) is 0 Å². The molecule has 1 aliphatic rings. The summed E-state index contributed by atoms with van der Waals surface area (Å²) >= 11 is 0. The number of hydrogen-bond acceptors (Lipinski definition) is 3. The highest BCUT2D eigenvalue weighted by molar-refractivity contribution is 5.94. The number of hydrogen-bond donors (Lipinski definition) is 2. The fourth-order valence-electron chi connectivity index (χ4n) is 2.21. The Balaban J connectivity index is 2.17. The van der Waals surface area contributed by atoms with Gasteiger partial charge in [0, 0.05) is 24.1 Å². The smallest absolute Gasteiger partial charge is 0.159 e. The van der Waals surface area contributed by atoms with Gasteiger partial charge in [-0.1, -0.05) is 24.3 Å². The lowest BCUT2D eigenvalue weighted by Crippen LogP contribution is -2.43. The summed E-state index contributed by atoms with van der Waals surface area (Å²) in [5, 5.41) is 3.35. The predicted molar refractivity (Wildman–Crippen MR) is 64.6 cm³/mol. The summed E-state index contributed by atoms with van der Waals surface area (Å²) in [4.78, 5) is 11.2. The minimum atomic E-state index is 0.109. The molecule has 0 spiro atoms. The van der Waals surface area contributed by atoms with Crippen molar-refractivity contribution in [2.45, 2.75) is 25.3 Å². The van der Waals surface area contributed by atoms with Gasteiger partial charge in [-0.2, -0.15) is 0 Å². The average Bonchev–Trinajstić information content (AvgIpc) is 2.30. The molecule has 1 aromatic carbocycles. The first-order chi connectivity index (χ1) is 7.68. The summed E-state index contributed by atoms with van der Waals surface area (Å²) in [6.45, 7) is 3.52. The quantitative estimate of drug-likeness (QED) is 0.735. The van der Waals surface area contributed by atoms with Gasteiger partial charge in [0.25, 0.3) is 0 Å². The van der Waals surface area contributed by atoms with Crippen molar-refractivity contribution in [2.24, 2.45) is 5.73 Å².